The van der Waals surface area contributed by atoms with Gasteiger partial charge in [-0.3, -0.25) is 0 Å². The molecule has 3 heteroatoms. The Balaban J connectivity index is 2.70. The molecule has 0 aromatic heterocycles. The summed E-state index contributed by atoms with van der Waals surface area (Å²) in [5.74, 6) is 0. The molecule has 0 bridgehead atoms. The zero-order chi connectivity index (χ0) is 13.0. The van der Waals surface area contributed by atoms with Crippen LogP contribution in [0.2, 0.25) is 0 Å². The summed E-state index contributed by atoms with van der Waals surface area (Å²) in [7, 11) is 3.16. The van der Waals surface area contributed by atoms with Crippen LogP contribution in [0.5, 0.6) is 0 Å². The molecular formula is C14H21NO2. The molecule has 0 spiro atoms. The Bertz CT molecular complexity index is 413. The van der Waals surface area contributed by atoms with Crippen molar-refractivity contribution in [2.24, 2.45) is 0 Å². The number of nitrogens with zero attached hydrogens (tertiary/aromatic N) is 1. The topological polar surface area (TPSA) is 29.5 Å². The van der Waals surface area contributed by atoms with Crippen LogP contribution < -0.4 is 0 Å². The minimum Gasteiger partial charge on any atom is -0.453 e. The number of carbonyl (C=O) groups excluding carboxylic acids is 1. The predicted octanol–water partition coefficient (Wildman–Crippen LogP) is 2.85. The van der Waals surface area contributed by atoms with E-state index in [0.29, 0.717) is 6.54 Å². The highest BCUT2D eigenvalue weighted by atomic mass is 16.5. The molecule has 0 heterocycles. The molecule has 1 aromatic rings. The summed E-state index contributed by atoms with van der Waals surface area (Å²) in [6.07, 6.45) is 0.574. The van der Waals surface area contributed by atoms with Crippen molar-refractivity contribution >= 4 is 6.09 Å². The summed E-state index contributed by atoms with van der Waals surface area (Å²) in [4.78, 5) is 12.8. The van der Waals surface area contributed by atoms with E-state index in [2.05, 4.69) is 37.6 Å². The number of hydrogen-bond acceptors (Lipinski definition) is 2. The van der Waals surface area contributed by atoms with Crippen molar-refractivity contribution in [2.75, 3.05) is 20.7 Å². The second-order valence-corrected chi connectivity index (χ2v) is 4.50. The van der Waals surface area contributed by atoms with Crippen molar-refractivity contribution in [3.63, 3.8) is 0 Å². The van der Waals surface area contributed by atoms with E-state index < -0.39 is 0 Å². The van der Waals surface area contributed by atoms with Gasteiger partial charge in [-0.1, -0.05) is 12.1 Å². The summed E-state index contributed by atoms with van der Waals surface area (Å²) >= 11 is 0. The maximum atomic E-state index is 11.2. The van der Waals surface area contributed by atoms with Crippen molar-refractivity contribution in [1.29, 1.82) is 0 Å². The largest absolute Gasteiger partial charge is 0.453 e. The van der Waals surface area contributed by atoms with E-state index in [0.717, 1.165) is 6.42 Å². The van der Waals surface area contributed by atoms with Crippen molar-refractivity contribution in [2.45, 2.75) is 27.2 Å². The maximum Gasteiger partial charge on any atom is 0.409 e. The molecule has 0 fully saturated rings. The summed E-state index contributed by atoms with van der Waals surface area (Å²) < 4.78 is 4.66. The molecule has 0 aliphatic heterocycles. The van der Waals surface area contributed by atoms with E-state index in [1.807, 2.05) is 0 Å². The van der Waals surface area contributed by atoms with Gasteiger partial charge >= 0.3 is 6.09 Å². The first-order valence-electron chi connectivity index (χ1n) is 5.81. The normalized spacial score (nSPS) is 10.2. The monoisotopic (exact) mass is 235 g/mol. The minimum absolute atomic E-state index is 0.286. The second-order valence-electron chi connectivity index (χ2n) is 4.50. The average Bonchev–Trinajstić information content (AvgIpc) is 2.30. The number of hydrogen-bond donors (Lipinski definition) is 0. The van der Waals surface area contributed by atoms with Crippen LogP contribution in [0.25, 0.3) is 0 Å². The van der Waals surface area contributed by atoms with Gasteiger partial charge in [-0.15, -0.1) is 0 Å². The first-order valence-corrected chi connectivity index (χ1v) is 5.81. The molecule has 0 unspecified atom stereocenters. The van der Waals surface area contributed by atoms with E-state index in [1.165, 1.54) is 29.4 Å². The Kier molecular flexibility index (Phi) is 4.55. The molecule has 0 atom stereocenters. The fourth-order valence-electron chi connectivity index (χ4n) is 1.82. The summed E-state index contributed by atoms with van der Waals surface area (Å²) in [6.45, 7) is 7.02. The number of benzene rings is 1. The van der Waals surface area contributed by atoms with Crippen LogP contribution in [-0.2, 0) is 11.2 Å². The second kappa shape index (κ2) is 5.71. The molecule has 1 rings (SSSR count). The lowest BCUT2D eigenvalue weighted by Crippen LogP contribution is -2.28. The molecule has 0 aliphatic rings. The van der Waals surface area contributed by atoms with Gasteiger partial charge in [0.05, 0.1) is 7.11 Å². The SMILES string of the molecule is COC(=O)N(C)CCc1cc(C)c(C)cc1C. The highest BCUT2D eigenvalue weighted by Gasteiger charge is 2.09. The highest BCUT2D eigenvalue weighted by molar-refractivity contribution is 5.66. The van der Waals surface area contributed by atoms with Crippen LogP contribution in [0, 0.1) is 20.8 Å². The minimum atomic E-state index is -0.286. The third-order valence-electron chi connectivity index (χ3n) is 3.16. The fraction of sp³-hybridized carbons (Fsp3) is 0.500. The molecule has 1 amide bonds. The van der Waals surface area contributed by atoms with Gasteiger partial charge in [-0.2, -0.15) is 0 Å². The number of ether oxygens (including phenoxy) is 1. The third kappa shape index (κ3) is 3.48. The van der Waals surface area contributed by atoms with E-state index in [-0.39, 0.29) is 6.09 Å². The van der Waals surface area contributed by atoms with Crippen LogP contribution in [0.4, 0.5) is 4.79 Å². The van der Waals surface area contributed by atoms with Crippen molar-refractivity contribution < 1.29 is 9.53 Å². The van der Waals surface area contributed by atoms with Crippen LogP contribution >= 0.6 is 0 Å². The first kappa shape index (κ1) is 13.6. The van der Waals surface area contributed by atoms with Gasteiger partial charge in [0, 0.05) is 13.6 Å². The zero-order valence-electron chi connectivity index (χ0n) is 11.3. The Morgan fingerprint density at radius 2 is 1.76 bits per heavy atom. The van der Waals surface area contributed by atoms with Crippen LogP contribution in [0.15, 0.2) is 12.1 Å². The Labute approximate surface area is 103 Å². The molecule has 0 aliphatic carbocycles. The standard InChI is InChI=1S/C14H21NO2/c1-10-8-12(3)13(9-11(10)2)6-7-15(4)14(16)17-5/h8-9H,6-7H2,1-5H3. The number of methoxy groups -OCH3 is 1. The molecule has 3 nitrogen and oxygen atoms in total. The van der Waals surface area contributed by atoms with E-state index in [9.17, 15) is 4.79 Å². The van der Waals surface area contributed by atoms with Crippen LogP contribution in [-0.4, -0.2) is 31.7 Å². The van der Waals surface area contributed by atoms with Gasteiger partial charge in [0.1, 0.15) is 0 Å². The zero-order valence-corrected chi connectivity index (χ0v) is 11.3. The lowest BCUT2D eigenvalue weighted by Gasteiger charge is -2.16. The van der Waals surface area contributed by atoms with E-state index in [1.54, 1.807) is 11.9 Å². The van der Waals surface area contributed by atoms with Crippen molar-refractivity contribution in [3.8, 4) is 0 Å². The molecule has 17 heavy (non-hydrogen) atoms. The van der Waals surface area contributed by atoms with Crippen LogP contribution in [0.3, 0.4) is 0 Å². The Hall–Kier alpha value is -1.51. The average molecular weight is 235 g/mol. The summed E-state index contributed by atoms with van der Waals surface area (Å²) in [5.41, 5.74) is 5.19. The van der Waals surface area contributed by atoms with Gasteiger partial charge in [-0.25, -0.2) is 4.79 Å². The number of rotatable bonds is 3. The van der Waals surface area contributed by atoms with Gasteiger partial charge in [0.15, 0.2) is 0 Å². The smallest absolute Gasteiger partial charge is 0.409 e. The summed E-state index contributed by atoms with van der Waals surface area (Å²) in [5, 5.41) is 0. The quantitative estimate of drug-likeness (QED) is 0.806. The number of carbonyl (C=O) groups is 1. The van der Waals surface area contributed by atoms with Gasteiger partial charge in [0.2, 0.25) is 0 Å². The molecule has 0 saturated carbocycles. The summed E-state index contributed by atoms with van der Waals surface area (Å²) in [6, 6.07) is 4.40. The molecule has 0 saturated heterocycles. The molecule has 0 radical (unpaired) electrons. The highest BCUT2D eigenvalue weighted by Crippen LogP contribution is 2.16. The number of amides is 1. The fourth-order valence-corrected chi connectivity index (χ4v) is 1.82. The van der Waals surface area contributed by atoms with E-state index >= 15 is 0 Å². The number of aryl methyl sites for hydroxylation is 3. The van der Waals surface area contributed by atoms with Crippen molar-refractivity contribution in [1.82, 2.24) is 4.90 Å². The maximum absolute atomic E-state index is 11.2. The molecule has 1 aromatic carbocycles. The predicted molar refractivity (Wildman–Crippen MR) is 69.4 cm³/mol. The van der Waals surface area contributed by atoms with Gasteiger partial charge < -0.3 is 9.64 Å². The van der Waals surface area contributed by atoms with Gasteiger partial charge in [0.25, 0.3) is 0 Å². The van der Waals surface area contributed by atoms with Crippen molar-refractivity contribution in [3.05, 3.63) is 34.4 Å². The molecule has 94 valence electrons. The Morgan fingerprint density at radius 1 is 1.18 bits per heavy atom. The number of likely N-dealkylation sites (N-methyl/N-ethyl adjacent to an activating group) is 1. The Morgan fingerprint density at radius 3 is 2.35 bits per heavy atom. The lowest BCUT2D eigenvalue weighted by molar-refractivity contribution is 0.134. The first-order chi connectivity index (χ1) is 7.95. The molecular weight excluding hydrogens is 214 g/mol. The van der Waals surface area contributed by atoms with Crippen LogP contribution in [0.1, 0.15) is 22.3 Å². The van der Waals surface area contributed by atoms with Gasteiger partial charge in [-0.05, 0) is 49.4 Å². The van der Waals surface area contributed by atoms with E-state index in [4.69, 9.17) is 0 Å². The lowest BCUT2D eigenvalue weighted by atomic mass is 9.99. The third-order valence-corrected chi connectivity index (χ3v) is 3.16. The molecule has 0 N–H and O–H groups in total.